The van der Waals surface area contributed by atoms with Crippen LogP contribution in [-0.4, -0.2) is 22.4 Å². The van der Waals surface area contributed by atoms with Crippen LogP contribution in [0.5, 0.6) is 0 Å². The maximum Gasteiger partial charge on any atom is 0.416 e. The van der Waals surface area contributed by atoms with Crippen LogP contribution in [0.3, 0.4) is 0 Å². The van der Waals surface area contributed by atoms with E-state index in [-0.39, 0.29) is 21.4 Å². The molecule has 1 heterocycles. The Morgan fingerprint density at radius 2 is 1.54 bits per heavy atom. The standard InChI is InChI=1S/C24H14BrCl2F3N4O3/c25-14-4-7-19-12(8-14)9-20(21(35)31-16-5-6-17(26)18(27)11-16)34(19)33-23(37)22(36)32-15-3-1-2-13(10-15)24(28,29)30/h1-11H,(H,31,35)(H,32,36)(H,33,37). The lowest BCUT2D eigenvalue weighted by Crippen LogP contribution is -2.36. The van der Waals surface area contributed by atoms with Crippen LogP contribution < -0.4 is 16.1 Å². The highest BCUT2D eigenvalue weighted by molar-refractivity contribution is 9.10. The minimum absolute atomic E-state index is 0.0422. The Bertz CT molecular complexity index is 1560. The number of fused-ring (bicyclic) bond motifs is 1. The van der Waals surface area contributed by atoms with Crippen LogP contribution in [0.15, 0.2) is 71.2 Å². The van der Waals surface area contributed by atoms with Gasteiger partial charge in [0.2, 0.25) is 0 Å². The molecule has 37 heavy (non-hydrogen) atoms. The molecule has 0 aliphatic heterocycles. The van der Waals surface area contributed by atoms with E-state index in [1.54, 1.807) is 18.2 Å². The summed E-state index contributed by atoms with van der Waals surface area (Å²) < 4.78 is 40.7. The van der Waals surface area contributed by atoms with Crippen molar-refractivity contribution in [1.82, 2.24) is 4.68 Å². The normalized spacial score (nSPS) is 11.3. The summed E-state index contributed by atoms with van der Waals surface area (Å²) in [6.45, 7) is 0. The Hall–Kier alpha value is -3.54. The molecular formula is C24H14BrCl2F3N4O3. The van der Waals surface area contributed by atoms with Gasteiger partial charge in [0.05, 0.1) is 21.1 Å². The molecule has 1 aromatic heterocycles. The van der Waals surface area contributed by atoms with Crippen molar-refractivity contribution < 1.29 is 27.6 Å². The van der Waals surface area contributed by atoms with Crippen LogP contribution in [0, 0.1) is 0 Å². The van der Waals surface area contributed by atoms with Crippen molar-refractivity contribution in [3.05, 3.63) is 92.5 Å². The Labute approximate surface area is 225 Å². The Morgan fingerprint density at radius 1 is 0.811 bits per heavy atom. The van der Waals surface area contributed by atoms with Gasteiger partial charge in [-0.2, -0.15) is 13.2 Å². The number of halogens is 6. The van der Waals surface area contributed by atoms with Crippen molar-refractivity contribution in [3.63, 3.8) is 0 Å². The van der Waals surface area contributed by atoms with E-state index in [9.17, 15) is 27.6 Å². The van der Waals surface area contributed by atoms with Crippen molar-refractivity contribution in [2.75, 3.05) is 16.1 Å². The van der Waals surface area contributed by atoms with Crippen molar-refractivity contribution in [3.8, 4) is 0 Å². The van der Waals surface area contributed by atoms with Gasteiger partial charge in [0, 0.05) is 21.2 Å². The summed E-state index contributed by atoms with van der Waals surface area (Å²) in [5.74, 6) is -3.11. The van der Waals surface area contributed by atoms with Gasteiger partial charge < -0.3 is 10.6 Å². The smallest absolute Gasteiger partial charge is 0.321 e. The number of carbonyl (C=O) groups is 3. The van der Waals surface area contributed by atoms with E-state index in [0.717, 1.165) is 16.8 Å². The molecule has 0 aliphatic carbocycles. The summed E-state index contributed by atoms with van der Waals surface area (Å²) in [4.78, 5) is 38.2. The molecule has 0 radical (unpaired) electrons. The zero-order valence-electron chi connectivity index (χ0n) is 18.3. The highest BCUT2D eigenvalue weighted by atomic mass is 79.9. The molecule has 0 spiro atoms. The van der Waals surface area contributed by atoms with Crippen LogP contribution in [-0.2, 0) is 15.8 Å². The van der Waals surface area contributed by atoms with Crippen molar-refractivity contribution >= 4 is 79.1 Å². The fraction of sp³-hybridized carbons (Fsp3) is 0.0417. The van der Waals surface area contributed by atoms with E-state index in [2.05, 4.69) is 32.0 Å². The number of amides is 3. The van der Waals surface area contributed by atoms with Crippen LogP contribution in [0.4, 0.5) is 24.5 Å². The number of benzene rings is 3. The molecule has 3 N–H and O–H groups in total. The maximum atomic E-state index is 13.1. The summed E-state index contributed by atoms with van der Waals surface area (Å²) in [7, 11) is 0. The van der Waals surface area contributed by atoms with Gasteiger partial charge in [-0.3, -0.25) is 19.8 Å². The first kappa shape index (κ1) is 26.5. The molecule has 3 amide bonds. The average molecular weight is 614 g/mol. The van der Waals surface area contributed by atoms with Gasteiger partial charge in [-0.1, -0.05) is 45.2 Å². The van der Waals surface area contributed by atoms with Gasteiger partial charge in [0.15, 0.2) is 0 Å². The monoisotopic (exact) mass is 612 g/mol. The highest BCUT2D eigenvalue weighted by Crippen LogP contribution is 2.31. The number of alkyl halides is 3. The molecule has 0 saturated carbocycles. The topological polar surface area (TPSA) is 92.2 Å². The minimum Gasteiger partial charge on any atom is -0.321 e. The SMILES string of the molecule is O=C(Nc1cccc(C(F)(F)F)c1)C(=O)Nn1c(C(=O)Nc2ccc(Cl)c(Cl)c2)cc2cc(Br)ccc21. The first-order chi connectivity index (χ1) is 17.4. The molecule has 13 heteroatoms. The molecule has 0 atom stereocenters. The Kier molecular flexibility index (Phi) is 7.49. The van der Waals surface area contributed by atoms with Crippen LogP contribution in [0.1, 0.15) is 16.1 Å². The zero-order valence-corrected chi connectivity index (χ0v) is 21.4. The molecule has 0 fully saturated rings. The number of anilines is 2. The molecule has 4 aromatic rings. The maximum absolute atomic E-state index is 13.1. The third kappa shape index (κ3) is 6.07. The predicted octanol–water partition coefficient (Wildman–Crippen LogP) is 6.69. The van der Waals surface area contributed by atoms with E-state index < -0.39 is 29.5 Å². The van der Waals surface area contributed by atoms with Gasteiger partial charge in [0.1, 0.15) is 5.69 Å². The van der Waals surface area contributed by atoms with Crippen molar-refractivity contribution in [2.24, 2.45) is 0 Å². The molecule has 4 rings (SSSR count). The third-order valence-electron chi connectivity index (χ3n) is 5.04. The molecule has 7 nitrogen and oxygen atoms in total. The number of nitrogens with one attached hydrogen (secondary N) is 3. The second-order valence-corrected chi connectivity index (χ2v) is 9.35. The molecule has 0 saturated heterocycles. The highest BCUT2D eigenvalue weighted by Gasteiger charge is 2.30. The van der Waals surface area contributed by atoms with E-state index in [1.807, 2.05) is 0 Å². The predicted molar refractivity (Wildman–Crippen MR) is 138 cm³/mol. The molecule has 3 aromatic carbocycles. The van der Waals surface area contributed by atoms with Gasteiger partial charge in [-0.15, -0.1) is 0 Å². The van der Waals surface area contributed by atoms with E-state index in [1.165, 1.54) is 30.3 Å². The van der Waals surface area contributed by atoms with Crippen LogP contribution >= 0.6 is 39.1 Å². The average Bonchev–Trinajstić information content (AvgIpc) is 3.18. The fourth-order valence-corrected chi connectivity index (χ4v) is 4.03. The van der Waals surface area contributed by atoms with E-state index in [4.69, 9.17) is 23.2 Å². The van der Waals surface area contributed by atoms with Gasteiger partial charge in [-0.25, -0.2) is 4.68 Å². The largest absolute Gasteiger partial charge is 0.416 e. The fourth-order valence-electron chi connectivity index (χ4n) is 3.36. The van der Waals surface area contributed by atoms with Gasteiger partial charge >= 0.3 is 18.0 Å². The van der Waals surface area contributed by atoms with Crippen LogP contribution in [0.25, 0.3) is 10.9 Å². The molecular weight excluding hydrogens is 600 g/mol. The second-order valence-electron chi connectivity index (χ2n) is 7.62. The summed E-state index contributed by atoms with van der Waals surface area (Å²) in [5.41, 5.74) is 1.77. The Balaban J connectivity index is 1.61. The number of hydrogen-bond acceptors (Lipinski definition) is 3. The quantitative estimate of drug-likeness (QED) is 0.224. The number of nitrogens with zero attached hydrogens (tertiary/aromatic N) is 1. The number of rotatable bonds is 4. The summed E-state index contributed by atoms with van der Waals surface area (Å²) in [5, 5.41) is 5.81. The van der Waals surface area contributed by atoms with Crippen molar-refractivity contribution in [1.29, 1.82) is 0 Å². The second kappa shape index (κ2) is 10.4. The molecule has 190 valence electrons. The number of aromatic nitrogens is 1. The van der Waals surface area contributed by atoms with Crippen LogP contribution in [0.2, 0.25) is 10.0 Å². The number of hydrogen-bond donors (Lipinski definition) is 3. The molecule has 0 aliphatic rings. The zero-order chi connectivity index (χ0) is 26.9. The lowest BCUT2D eigenvalue weighted by molar-refractivity contribution is -0.137. The third-order valence-corrected chi connectivity index (χ3v) is 6.27. The summed E-state index contributed by atoms with van der Waals surface area (Å²) >= 11 is 15.2. The lowest BCUT2D eigenvalue weighted by atomic mass is 10.2. The van der Waals surface area contributed by atoms with Gasteiger partial charge in [0.25, 0.3) is 5.91 Å². The first-order valence-corrected chi connectivity index (χ1v) is 11.8. The van der Waals surface area contributed by atoms with E-state index >= 15 is 0 Å². The Morgan fingerprint density at radius 3 is 2.24 bits per heavy atom. The molecule has 0 unspecified atom stereocenters. The van der Waals surface area contributed by atoms with E-state index in [0.29, 0.717) is 27.1 Å². The lowest BCUT2D eigenvalue weighted by Gasteiger charge is -2.13. The van der Waals surface area contributed by atoms with Crippen molar-refractivity contribution in [2.45, 2.75) is 6.18 Å². The molecule has 0 bridgehead atoms. The minimum atomic E-state index is -4.63. The first-order valence-electron chi connectivity index (χ1n) is 10.3. The number of carbonyl (C=O) groups excluding carboxylic acids is 3. The summed E-state index contributed by atoms with van der Waals surface area (Å²) in [6.07, 6.45) is -4.63. The van der Waals surface area contributed by atoms with Gasteiger partial charge in [-0.05, 0) is 60.7 Å². The summed E-state index contributed by atoms with van der Waals surface area (Å²) in [6, 6.07) is 14.7.